The molecule has 0 bridgehead atoms. The van der Waals surface area contributed by atoms with Gasteiger partial charge in [-0.05, 0) is 18.2 Å². The van der Waals surface area contributed by atoms with Gasteiger partial charge in [0.05, 0.1) is 21.7 Å². The van der Waals surface area contributed by atoms with E-state index in [-0.39, 0.29) is 20.6 Å². The Morgan fingerprint density at radius 1 is 1.18 bits per heavy atom. The molecular weight excluding hydrogens is 260 g/mol. The number of pyridine rings is 1. The molecule has 4 nitrogen and oxygen atoms in total. The van der Waals surface area contributed by atoms with Gasteiger partial charge in [0.25, 0.3) is 0 Å². The van der Waals surface area contributed by atoms with E-state index in [0.29, 0.717) is 0 Å². The molecule has 0 aliphatic carbocycles. The Hall–Kier alpha value is -1.59. The van der Waals surface area contributed by atoms with Crippen molar-refractivity contribution in [3.63, 3.8) is 0 Å². The Balaban J connectivity index is 2.64. The second kappa shape index (κ2) is 4.35. The summed E-state index contributed by atoms with van der Waals surface area (Å²) in [7, 11) is -3.64. The highest BCUT2D eigenvalue weighted by molar-refractivity contribution is 7.91. The van der Waals surface area contributed by atoms with Gasteiger partial charge >= 0.3 is 0 Å². The lowest BCUT2D eigenvalue weighted by atomic mass is 10.4. The minimum absolute atomic E-state index is 0.0244. The highest BCUT2D eigenvalue weighted by Gasteiger charge is 2.20. The van der Waals surface area contributed by atoms with Crippen molar-refractivity contribution in [1.29, 1.82) is 0 Å². The average Bonchev–Trinajstić information content (AvgIpc) is 2.33. The number of sulfone groups is 1. The molecule has 1 aromatic heterocycles. The fourth-order valence-corrected chi connectivity index (χ4v) is 3.00. The quantitative estimate of drug-likeness (QED) is 0.847. The summed E-state index contributed by atoms with van der Waals surface area (Å²) in [5.41, 5.74) is 5.69. The van der Waals surface area contributed by atoms with Crippen LogP contribution in [0.4, 0.5) is 5.69 Å². The smallest absolute Gasteiger partial charge is 0.208 e. The van der Waals surface area contributed by atoms with E-state index in [1.807, 2.05) is 0 Å². The van der Waals surface area contributed by atoms with Crippen molar-refractivity contribution in [2.24, 2.45) is 0 Å². The van der Waals surface area contributed by atoms with Crippen LogP contribution in [0.2, 0.25) is 5.15 Å². The van der Waals surface area contributed by atoms with Gasteiger partial charge in [-0.1, -0.05) is 29.8 Å². The number of nitrogen functional groups attached to an aromatic ring is 1. The van der Waals surface area contributed by atoms with E-state index in [9.17, 15) is 8.42 Å². The molecule has 0 radical (unpaired) electrons. The molecule has 1 aromatic carbocycles. The number of aromatic nitrogens is 1. The van der Waals surface area contributed by atoms with Gasteiger partial charge in [-0.15, -0.1) is 0 Å². The third-order valence-electron chi connectivity index (χ3n) is 2.20. The van der Waals surface area contributed by atoms with E-state index in [1.54, 1.807) is 18.2 Å². The SMILES string of the molecule is Nc1cnc(Cl)cc1S(=O)(=O)c1ccccc1. The van der Waals surface area contributed by atoms with E-state index >= 15 is 0 Å². The maximum Gasteiger partial charge on any atom is 0.208 e. The van der Waals surface area contributed by atoms with Gasteiger partial charge in [-0.25, -0.2) is 13.4 Å². The second-order valence-electron chi connectivity index (χ2n) is 3.36. The van der Waals surface area contributed by atoms with Gasteiger partial charge in [-0.3, -0.25) is 0 Å². The number of halogens is 1. The van der Waals surface area contributed by atoms with Crippen LogP contribution in [0.5, 0.6) is 0 Å². The van der Waals surface area contributed by atoms with E-state index in [1.165, 1.54) is 24.4 Å². The van der Waals surface area contributed by atoms with Crippen molar-refractivity contribution in [2.45, 2.75) is 9.79 Å². The first-order chi connectivity index (χ1) is 8.01. The first kappa shape index (κ1) is 11.9. The average molecular weight is 269 g/mol. The predicted molar refractivity (Wildman–Crippen MR) is 65.6 cm³/mol. The summed E-state index contributed by atoms with van der Waals surface area (Å²) in [5, 5.41) is 0.0914. The lowest BCUT2D eigenvalue weighted by molar-refractivity contribution is 0.596. The number of hydrogen-bond donors (Lipinski definition) is 1. The minimum atomic E-state index is -3.64. The molecule has 0 saturated carbocycles. The van der Waals surface area contributed by atoms with Crippen molar-refractivity contribution >= 4 is 27.1 Å². The third-order valence-corrected chi connectivity index (χ3v) is 4.24. The summed E-state index contributed by atoms with van der Waals surface area (Å²) in [4.78, 5) is 3.87. The standard InChI is InChI=1S/C11H9ClN2O2S/c12-11-6-10(9(13)7-14-11)17(15,16)8-4-2-1-3-5-8/h1-7H,13H2. The summed E-state index contributed by atoms with van der Waals surface area (Å²) >= 11 is 5.68. The molecule has 2 aromatic rings. The number of anilines is 1. The Morgan fingerprint density at radius 3 is 2.47 bits per heavy atom. The number of nitrogens with zero attached hydrogens (tertiary/aromatic N) is 1. The molecule has 1 heterocycles. The summed E-state index contributed by atoms with van der Waals surface area (Å²) in [6, 6.07) is 9.28. The van der Waals surface area contributed by atoms with Gasteiger partial charge in [0.15, 0.2) is 0 Å². The topological polar surface area (TPSA) is 73.0 Å². The predicted octanol–water partition coefficient (Wildman–Crippen LogP) is 2.15. The number of benzene rings is 1. The molecule has 17 heavy (non-hydrogen) atoms. The van der Waals surface area contributed by atoms with E-state index < -0.39 is 9.84 Å². The summed E-state index contributed by atoms with van der Waals surface area (Å²) in [5.74, 6) is 0. The molecule has 0 aliphatic heterocycles. The molecule has 0 atom stereocenters. The van der Waals surface area contributed by atoms with Crippen LogP contribution in [0.25, 0.3) is 0 Å². The van der Waals surface area contributed by atoms with Crippen LogP contribution in [0.3, 0.4) is 0 Å². The van der Waals surface area contributed by atoms with Crippen LogP contribution < -0.4 is 5.73 Å². The molecule has 6 heteroatoms. The van der Waals surface area contributed by atoms with Crippen LogP contribution in [0.15, 0.2) is 52.4 Å². The fraction of sp³-hybridized carbons (Fsp3) is 0. The normalized spacial score (nSPS) is 11.4. The Labute approximate surface area is 104 Å². The number of nitrogens with two attached hydrogens (primary N) is 1. The molecule has 0 aliphatic rings. The second-order valence-corrected chi connectivity index (χ2v) is 5.67. The van der Waals surface area contributed by atoms with Crippen LogP contribution in [-0.2, 0) is 9.84 Å². The van der Waals surface area contributed by atoms with Crippen molar-refractivity contribution in [1.82, 2.24) is 4.98 Å². The zero-order valence-corrected chi connectivity index (χ0v) is 10.2. The van der Waals surface area contributed by atoms with Crippen molar-refractivity contribution < 1.29 is 8.42 Å². The van der Waals surface area contributed by atoms with Crippen molar-refractivity contribution in [3.05, 3.63) is 47.7 Å². The van der Waals surface area contributed by atoms with Gasteiger partial charge < -0.3 is 5.73 Å². The number of hydrogen-bond acceptors (Lipinski definition) is 4. The zero-order valence-electron chi connectivity index (χ0n) is 8.67. The monoisotopic (exact) mass is 268 g/mol. The Kier molecular flexibility index (Phi) is 3.04. The third kappa shape index (κ3) is 2.25. The lowest BCUT2D eigenvalue weighted by Gasteiger charge is -2.07. The largest absolute Gasteiger partial charge is 0.396 e. The van der Waals surface area contributed by atoms with Crippen LogP contribution >= 0.6 is 11.6 Å². The minimum Gasteiger partial charge on any atom is -0.396 e. The first-order valence-corrected chi connectivity index (χ1v) is 6.59. The highest BCUT2D eigenvalue weighted by Crippen LogP contribution is 2.26. The van der Waals surface area contributed by atoms with E-state index in [2.05, 4.69) is 4.98 Å². The first-order valence-electron chi connectivity index (χ1n) is 4.73. The zero-order chi connectivity index (χ0) is 12.5. The van der Waals surface area contributed by atoms with Gasteiger partial charge in [0.2, 0.25) is 9.84 Å². The van der Waals surface area contributed by atoms with Gasteiger partial charge in [0.1, 0.15) is 5.15 Å². The van der Waals surface area contributed by atoms with Gasteiger partial charge in [-0.2, -0.15) is 0 Å². The fourth-order valence-electron chi connectivity index (χ4n) is 1.38. The molecule has 88 valence electrons. The molecule has 0 amide bonds. The summed E-state index contributed by atoms with van der Waals surface area (Å²) in [6.45, 7) is 0. The molecule has 0 unspecified atom stereocenters. The molecule has 0 saturated heterocycles. The molecular formula is C11H9ClN2O2S. The van der Waals surface area contributed by atoms with E-state index in [0.717, 1.165) is 0 Å². The molecule has 2 rings (SSSR count). The van der Waals surface area contributed by atoms with Crippen LogP contribution in [0.1, 0.15) is 0 Å². The summed E-state index contributed by atoms with van der Waals surface area (Å²) in [6.07, 6.45) is 1.23. The summed E-state index contributed by atoms with van der Waals surface area (Å²) < 4.78 is 24.5. The Morgan fingerprint density at radius 2 is 1.82 bits per heavy atom. The molecule has 0 fully saturated rings. The van der Waals surface area contributed by atoms with Gasteiger partial charge in [0, 0.05) is 0 Å². The van der Waals surface area contributed by atoms with Crippen molar-refractivity contribution in [3.8, 4) is 0 Å². The van der Waals surface area contributed by atoms with Crippen LogP contribution in [-0.4, -0.2) is 13.4 Å². The maximum atomic E-state index is 12.2. The maximum absolute atomic E-state index is 12.2. The lowest BCUT2D eigenvalue weighted by Crippen LogP contribution is -2.06. The van der Waals surface area contributed by atoms with Crippen LogP contribution in [0, 0.1) is 0 Å². The Bertz CT molecular complexity index is 642. The molecule has 2 N–H and O–H groups in total. The highest BCUT2D eigenvalue weighted by atomic mass is 35.5. The van der Waals surface area contributed by atoms with Crippen molar-refractivity contribution in [2.75, 3.05) is 5.73 Å². The number of rotatable bonds is 2. The molecule has 0 spiro atoms. The van der Waals surface area contributed by atoms with E-state index in [4.69, 9.17) is 17.3 Å².